The Kier molecular flexibility index (Phi) is 4.90. The zero-order valence-corrected chi connectivity index (χ0v) is 14.6. The number of amides is 3. The third kappa shape index (κ3) is 3.31. The van der Waals surface area contributed by atoms with Gasteiger partial charge in [-0.1, -0.05) is 43.7 Å². The molecule has 1 heterocycles. The van der Waals surface area contributed by atoms with Crippen molar-refractivity contribution in [3.05, 3.63) is 35.9 Å². The molecule has 0 unspecified atom stereocenters. The van der Waals surface area contributed by atoms with Crippen molar-refractivity contribution in [1.29, 1.82) is 0 Å². The molecule has 0 atom stereocenters. The molecule has 1 spiro atoms. The first-order valence-electron chi connectivity index (χ1n) is 8.90. The van der Waals surface area contributed by atoms with Crippen molar-refractivity contribution in [2.75, 3.05) is 13.7 Å². The Morgan fingerprint density at radius 2 is 1.88 bits per heavy atom. The van der Waals surface area contributed by atoms with E-state index < -0.39 is 5.54 Å². The fourth-order valence-corrected chi connectivity index (χ4v) is 3.91. The first kappa shape index (κ1) is 17.0. The van der Waals surface area contributed by atoms with Crippen molar-refractivity contribution in [2.45, 2.75) is 51.1 Å². The van der Waals surface area contributed by atoms with Crippen molar-refractivity contribution in [2.24, 2.45) is 5.92 Å². The highest BCUT2D eigenvalue weighted by molar-refractivity contribution is 6.07. The van der Waals surface area contributed by atoms with Crippen LogP contribution in [0.4, 0.5) is 4.79 Å². The first-order valence-corrected chi connectivity index (χ1v) is 8.90. The number of nitrogens with zero attached hydrogens (tertiary/aromatic N) is 2. The van der Waals surface area contributed by atoms with Crippen LogP contribution in [-0.2, 0) is 11.3 Å². The zero-order valence-electron chi connectivity index (χ0n) is 14.6. The molecule has 0 bridgehead atoms. The van der Waals surface area contributed by atoms with Gasteiger partial charge in [0.25, 0.3) is 5.91 Å². The highest BCUT2D eigenvalue weighted by Gasteiger charge is 2.52. The second-order valence-electron chi connectivity index (χ2n) is 7.24. The fraction of sp³-hybridized carbons (Fsp3) is 0.579. The second kappa shape index (κ2) is 6.93. The quantitative estimate of drug-likeness (QED) is 0.845. The molecule has 5 nitrogen and oxygen atoms in total. The van der Waals surface area contributed by atoms with Gasteiger partial charge < -0.3 is 5.32 Å². The Labute approximate surface area is 144 Å². The maximum atomic E-state index is 12.9. The maximum Gasteiger partial charge on any atom is 0.326 e. The van der Waals surface area contributed by atoms with E-state index in [0.29, 0.717) is 19.1 Å². The number of rotatable bonds is 5. The Morgan fingerprint density at radius 1 is 1.21 bits per heavy atom. The van der Waals surface area contributed by atoms with Gasteiger partial charge in [-0.05, 0) is 44.2 Å². The van der Waals surface area contributed by atoms with Crippen LogP contribution in [0.5, 0.6) is 0 Å². The lowest BCUT2D eigenvalue weighted by Gasteiger charge is -2.34. The van der Waals surface area contributed by atoms with Gasteiger partial charge in [0.1, 0.15) is 5.54 Å². The SMILES string of the molecule is CCC1CCC2(CC1)NC(=O)N(CN(C)Cc1ccccc1)C2=O. The summed E-state index contributed by atoms with van der Waals surface area (Å²) >= 11 is 0. The van der Waals surface area contributed by atoms with Gasteiger partial charge >= 0.3 is 6.03 Å². The van der Waals surface area contributed by atoms with Gasteiger partial charge in [-0.15, -0.1) is 0 Å². The topological polar surface area (TPSA) is 52.7 Å². The van der Waals surface area contributed by atoms with Crippen molar-refractivity contribution in [3.63, 3.8) is 0 Å². The van der Waals surface area contributed by atoms with Crippen LogP contribution in [0.15, 0.2) is 30.3 Å². The molecule has 1 aliphatic carbocycles. The molecule has 1 aromatic carbocycles. The number of benzene rings is 1. The summed E-state index contributed by atoms with van der Waals surface area (Å²) in [5, 5.41) is 2.99. The summed E-state index contributed by atoms with van der Waals surface area (Å²) in [6.07, 6.45) is 4.75. The van der Waals surface area contributed by atoms with Crippen molar-refractivity contribution < 1.29 is 9.59 Å². The van der Waals surface area contributed by atoms with E-state index in [2.05, 4.69) is 24.4 Å². The predicted molar refractivity (Wildman–Crippen MR) is 93.1 cm³/mol. The molecule has 1 aromatic rings. The predicted octanol–water partition coefficient (Wildman–Crippen LogP) is 2.97. The van der Waals surface area contributed by atoms with E-state index in [1.54, 1.807) is 0 Å². The molecule has 5 heteroatoms. The van der Waals surface area contributed by atoms with Crippen LogP contribution < -0.4 is 5.32 Å². The molecular weight excluding hydrogens is 302 g/mol. The van der Waals surface area contributed by atoms with Gasteiger partial charge in [-0.3, -0.25) is 9.69 Å². The maximum absolute atomic E-state index is 12.9. The van der Waals surface area contributed by atoms with Crippen LogP contribution in [0.3, 0.4) is 0 Å². The second-order valence-corrected chi connectivity index (χ2v) is 7.24. The fourth-order valence-electron chi connectivity index (χ4n) is 3.91. The van der Waals surface area contributed by atoms with Gasteiger partial charge in [0.2, 0.25) is 0 Å². The number of imide groups is 1. The average Bonchev–Trinajstić information content (AvgIpc) is 2.81. The first-order chi connectivity index (χ1) is 11.5. The average molecular weight is 329 g/mol. The summed E-state index contributed by atoms with van der Waals surface area (Å²) in [6.45, 7) is 3.24. The van der Waals surface area contributed by atoms with Crippen LogP contribution in [-0.4, -0.2) is 41.0 Å². The molecule has 3 amide bonds. The van der Waals surface area contributed by atoms with Crippen LogP contribution in [0.1, 0.15) is 44.6 Å². The number of carbonyl (C=O) groups excluding carboxylic acids is 2. The van der Waals surface area contributed by atoms with E-state index in [4.69, 9.17) is 0 Å². The molecule has 1 N–H and O–H groups in total. The van der Waals surface area contributed by atoms with Crippen molar-refractivity contribution in [3.8, 4) is 0 Å². The van der Waals surface area contributed by atoms with E-state index in [9.17, 15) is 9.59 Å². The van der Waals surface area contributed by atoms with Crippen LogP contribution in [0.25, 0.3) is 0 Å². The Balaban J connectivity index is 1.62. The lowest BCUT2D eigenvalue weighted by atomic mass is 9.75. The van der Waals surface area contributed by atoms with Crippen LogP contribution in [0, 0.1) is 5.92 Å². The minimum Gasteiger partial charge on any atom is -0.323 e. The molecule has 2 fully saturated rings. The number of carbonyl (C=O) groups is 2. The standard InChI is InChI=1S/C19H27N3O2/c1-3-15-9-11-19(12-10-15)17(23)22(18(24)20-19)14-21(2)13-16-7-5-4-6-8-16/h4-8,15H,3,9-14H2,1-2H3,(H,20,24). The molecule has 2 aliphatic rings. The summed E-state index contributed by atoms with van der Waals surface area (Å²) in [5.41, 5.74) is 0.529. The Hall–Kier alpha value is -1.88. The van der Waals surface area contributed by atoms with Crippen molar-refractivity contribution in [1.82, 2.24) is 15.1 Å². The van der Waals surface area contributed by atoms with E-state index in [1.807, 2.05) is 30.1 Å². The van der Waals surface area contributed by atoms with E-state index in [1.165, 1.54) is 10.5 Å². The molecule has 1 saturated carbocycles. The Bertz CT molecular complexity index is 594. The molecule has 3 rings (SSSR count). The van der Waals surface area contributed by atoms with Gasteiger partial charge in [0, 0.05) is 6.54 Å². The highest BCUT2D eigenvalue weighted by Crippen LogP contribution is 2.37. The lowest BCUT2D eigenvalue weighted by Crippen LogP contribution is -2.50. The van der Waals surface area contributed by atoms with Gasteiger partial charge in [0.05, 0.1) is 6.67 Å². The largest absolute Gasteiger partial charge is 0.326 e. The minimum atomic E-state index is -0.643. The van der Waals surface area contributed by atoms with Gasteiger partial charge in [-0.2, -0.15) is 0 Å². The highest BCUT2D eigenvalue weighted by atomic mass is 16.2. The monoisotopic (exact) mass is 329 g/mol. The number of nitrogens with one attached hydrogen (secondary N) is 1. The van der Waals surface area contributed by atoms with Crippen LogP contribution >= 0.6 is 0 Å². The van der Waals surface area contributed by atoms with Gasteiger partial charge in [0.15, 0.2) is 0 Å². The summed E-state index contributed by atoms with van der Waals surface area (Å²) in [6, 6.07) is 9.84. The number of hydrogen-bond donors (Lipinski definition) is 1. The van der Waals surface area contributed by atoms with Crippen LogP contribution in [0.2, 0.25) is 0 Å². The minimum absolute atomic E-state index is 0.0398. The van der Waals surface area contributed by atoms with E-state index in [0.717, 1.165) is 32.1 Å². The molecular formula is C19H27N3O2. The summed E-state index contributed by atoms with van der Waals surface area (Å²) < 4.78 is 0. The lowest BCUT2D eigenvalue weighted by molar-refractivity contribution is -0.134. The molecule has 130 valence electrons. The molecule has 0 aromatic heterocycles. The third-order valence-corrected chi connectivity index (χ3v) is 5.46. The molecule has 24 heavy (non-hydrogen) atoms. The molecule has 1 saturated heterocycles. The van der Waals surface area contributed by atoms with Crippen molar-refractivity contribution >= 4 is 11.9 Å². The normalized spacial score (nSPS) is 27.1. The summed E-state index contributed by atoms with van der Waals surface area (Å²) in [5.74, 6) is 0.650. The zero-order chi connectivity index (χ0) is 17.2. The Morgan fingerprint density at radius 3 is 2.50 bits per heavy atom. The summed E-state index contributed by atoms with van der Waals surface area (Å²) in [7, 11) is 1.94. The number of hydrogen-bond acceptors (Lipinski definition) is 3. The number of urea groups is 1. The van der Waals surface area contributed by atoms with E-state index >= 15 is 0 Å². The molecule has 0 radical (unpaired) electrons. The van der Waals surface area contributed by atoms with E-state index in [-0.39, 0.29) is 11.9 Å². The third-order valence-electron chi connectivity index (χ3n) is 5.46. The smallest absolute Gasteiger partial charge is 0.323 e. The molecule has 1 aliphatic heterocycles. The summed E-state index contributed by atoms with van der Waals surface area (Å²) in [4.78, 5) is 28.6. The van der Waals surface area contributed by atoms with Gasteiger partial charge in [-0.25, -0.2) is 9.69 Å².